The highest BCUT2D eigenvalue weighted by Gasteiger charge is 2.16. The quantitative estimate of drug-likeness (QED) is 0.479. The molecule has 2 aromatic carbocycles. The first kappa shape index (κ1) is 15.4. The van der Waals surface area contributed by atoms with E-state index in [4.69, 9.17) is 17.0 Å². The minimum Gasteiger partial charge on any atom is -0.457 e. The van der Waals surface area contributed by atoms with Gasteiger partial charge in [0.25, 0.3) is 5.69 Å². The molecule has 0 atom stereocenters. The minimum atomic E-state index is -0.433. The first-order chi connectivity index (χ1) is 11.1. The minimum absolute atomic E-state index is 0.0451. The Morgan fingerprint density at radius 2 is 1.52 bits per heavy atom. The summed E-state index contributed by atoms with van der Waals surface area (Å²) in [6, 6.07) is 13.6. The van der Waals surface area contributed by atoms with Crippen molar-refractivity contribution in [1.29, 1.82) is 0 Å². The molecule has 0 amide bonds. The number of rotatable bonds is 4. The maximum absolute atomic E-state index is 10.6. The highest BCUT2D eigenvalue weighted by atomic mass is 32.1. The number of hydrogen-bond acceptors (Lipinski definition) is 4. The Morgan fingerprint density at radius 1 is 1.00 bits per heavy atom. The van der Waals surface area contributed by atoms with Crippen LogP contribution in [-0.4, -0.2) is 27.9 Å². The Hall–Kier alpha value is -2.47. The van der Waals surface area contributed by atoms with Crippen molar-refractivity contribution in [2.45, 2.75) is 12.8 Å². The number of likely N-dealkylation sites (tertiary alicyclic amines) is 1. The molecule has 0 aromatic heterocycles. The Bertz CT molecular complexity index is 708. The first-order valence-electron chi connectivity index (χ1n) is 7.45. The van der Waals surface area contributed by atoms with Crippen molar-refractivity contribution in [1.82, 2.24) is 4.90 Å². The zero-order chi connectivity index (χ0) is 16.2. The van der Waals surface area contributed by atoms with Crippen LogP contribution in [0.5, 0.6) is 11.5 Å². The molecule has 0 bridgehead atoms. The van der Waals surface area contributed by atoms with Crippen molar-refractivity contribution in [3.8, 4) is 11.5 Å². The molecule has 0 N–H and O–H groups in total. The van der Waals surface area contributed by atoms with Gasteiger partial charge in [-0.05, 0) is 49.2 Å². The molecule has 118 valence electrons. The third-order valence-electron chi connectivity index (χ3n) is 3.78. The maximum Gasteiger partial charge on any atom is 0.269 e. The molecule has 1 heterocycles. The second-order valence-electron chi connectivity index (χ2n) is 5.38. The lowest BCUT2D eigenvalue weighted by atomic mass is 10.2. The Labute approximate surface area is 139 Å². The van der Waals surface area contributed by atoms with Gasteiger partial charge in [-0.25, -0.2) is 0 Å². The van der Waals surface area contributed by atoms with Crippen LogP contribution in [0.4, 0.5) is 5.69 Å². The molecule has 5 nitrogen and oxygen atoms in total. The fraction of sp³-hybridized carbons (Fsp3) is 0.235. The standard InChI is InChI=1S/C17H16N2O3S/c20-19(21)14-5-9-16(10-6-14)22-15-7-3-13(4-8-15)17(23)18-11-1-2-12-18/h3-10H,1-2,11-12H2. The van der Waals surface area contributed by atoms with Crippen molar-refractivity contribution in [2.75, 3.05) is 13.1 Å². The first-order valence-corrected chi connectivity index (χ1v) is 7.86. The molecule has 0 radical (unpaired) electrons. The van der Waals surface area contributed by atoms with Gasteiger partial charge in [0.05, 0.1) is 4.92 Å². The highest BCUT2D eigenvalue weighted by Crippen LogP contribution is 2.24. The number of hydrogen-bond donors (Lipinski definition) is 0. The lowest BCUT2D eigenvalue weighted by Crippen LogP contribution is -2.26. The molecule has 1 fully saturated rings. The van der Waals surface area contributed by atoms with E-state index in [1.165, 1.54) is 25.0 Å². The van der Waals surface area contributed by atoms with E-state index in [1.807, 2.05) is 24.3 Å². The van der Waals surface area contributed by atoms with Crippen LogP contribution in [0.3, 0.4) is 0 Å². The normalized spacial score (nSPS) is 13.8. The molecule has 2 aromatic rings. The topological polar surface area (TPSA) is 55.6 Å². The average molecular weight is 328 g/mol. The number of ether oxygens (including phenoxy) is 1. The third kappa shape index (κ3) is 3.65. The average Bonchev–Trinajstić information content (AvgIpc) is 3.10. The Morgan fingerprint density at radius 3 is 2.04 bits per heavy atom. The monoisotopic (exact) mass is 328 g/mol. The molecule has 23 heavy (non-hydrogen) atoms. The summed E-state index contributed by atoms with van der Waals surface area (Å²) in [7, 11) is 0. The predicted octanol–water partition coefficient (Wildman–Crippen LogP) is 4.16. The summed E-state index contributed by atoms with van der Waals surface area (Å²) < 4.78 is 5.69. The molecule has 0 spiro atoms. The third-order valence-corrected chi connectivity index (χ3v) is 4.27. The molecule has 6 heteroatoms. The fourth-order valence-corrected chi connectivity index (χ4v) is 2.86. The van der Waals surface area contributed by atoms with Crippen LogP contribution in [0.1, 0.15) is 18.4 Å². The van der Waals surface area contributed by atoms with Crippen LogP contribution < -0.4 is 4.74 Å². The van der Waals surface area contributed by atoms with E-state index in [-0.39, 0.29) is 5.69 Å². The zero-order valence-electron chi connectivity index (χ0n) is 12.5. The van der Waals surface area contributed by atoms with Crippen molar-refractivity contribution in [3.05, 3.63) is 64.2 Å². The molecule has 0 unspecified atom stereocenters. The van der Waals surface area contributed by atoms with Gasteiger partial charge >= 0.3 is 0 Å². The number of thiocarbonyl (C=S) groups is 1. The summed E-state index contributed by atoms with van der Waals surface area (Å²) in [4.78, 5) is 13.3. The Balaban J connectivity index is 1.67. The molecule has 0 aliphatic carbocycles. The van der Waals surface area contributed by atoms with Gasteiger partial charge in [-0.3, -0.25) is 10.1 Å². The van der Waals surface area contributed by atoms with E-state index >= 15 is 0 Å². The molecule has 1 aliphatic heterocycles. The molecule has 3 rings (SSSR count). The van der Waals surface area contributed by atoms with Crippen LogP contribution in [0.15, 0.2) is 48.5 Å². The van der Waals surface area contributed by atoms with Gasteiger partial charge in [-0.15, -0.1) is 0 Å². The summed E-state index contributed by atoms with van der Waals surface area (Å²) in [6.45, 7) is 2.06. The van der Waals surface area contributed by atoms with Gasteiger partial charge in [-0.2, -0.15) is 0 Å². The van der Waals surface area contributed by atoms with Crippen LogP contribution in [0.2, 0.25) is 0 Å². The van der Waals surface area contributed by atoms with Gasteiger partial charge in [-0.1, -0.05) is 12.2 Å². The van der Waals surface area contributed by atoms with E-state index in [2.05, 4.69) is 4.90 Å². The number of nitrogens with zero attached hydrogens (tertiary/aromatic N) is 2. The highest BCUT2D eigenvalue weighted by molar-refractivity contribution is 7.80. The van der Waals surface area contributed by atoms with Crippen molar-refractivity contribution < 1.29 is 9.66 Å². The maximum atomic E-state index is 10.6. The van der Waals surface area contributed by atoms with Gasteiger partial charge in [0.2, 0.25) is 0 Å². The van der Waals surface area contributed by atoms with Crippen LogP contribution in [0, 0.1) is 10.1 Å². The SMILES string of the molecule is O=[N+]([O-])c1ccc(Oc2ccc(C(=S)N3CCCC3)cc2)cc1. The van der Waals surface area contributed by atoms with E-state index in [0.29, 0.717) is 11.5 Å². The number of nitro benzene ring substituents is 1. The van der Waals surface area contributed by atoms with Crippen molar-refractivity contribution in [3.63, 3.8) is 0 Å². The van der Waals surface area contributed by atoms with Crippen molar-refractivity contribution in [2.24, 2.45) is 0 Å². The van der Waals surface area contributed by atoms with Crippen LogP contribution >= 0.6 is 12.2 Å². The van der Waals surface area contributed by atoms with Crippen LogP contribution in [-0.2, 0) is 0 Å². The lowest BCUT2D eigenvalue weighted by Gasteiger charge is -2.18. The number of benzene rings is 2. The van der Waals surface area contributed by atoms with E-state index in [9.17, 15) is 10.1 Å². The summed E-state index contributed by atoms with van der Waals surface area (Å²) in [5.41, 5.74) is 1.06. The van der Waals surface area contributed by atoms with E-state index in [1.54, 1.807) is 12.1 Å². The fourth-order valence-electron chi connectivity index (χ4n) is 2.54. The van der Waals surface area contributed by atoms with Gasteiger partial charge in [0.15, 0.2) is 0 Å². The van der Waals surface area contributed by atoms with Gasteiger partial charge < -0.3 is 9.64 Å². The predicted molar refractivity (Wildman–Crippen MR) is 92.1 cm³/mol. The Kier molecular flexibility index (Phi) is 4.52. The molecule has 1 saturated heterocycles. The largest absolute Gasteiger partial charge is 0.457 e. The summed E-state index contributed by atoms with van der Waals surface area (Å²) in [5, 5.41) is 10.6. The van der Waals surface area contributed by atoms with Crippen LogP contribution in [0.25, 0.3) is 0 Å². The number of nitro groups is 1. The molecular weight excluding hydrogens is 312 g/mol. The molecule has 1 aliphatic rings. The van der Waals surface area contributed by atoms with E-state index < -0.39 is 4.92 Å². The second kappa shape index (κ2) is 6.75. The van der Waals surface area contributed by atoms with E-state index in [0.717, 1.165) is 23.6 Å². The lowest BCUT2D eigenvalue weighted by molar-refractivity contribution is -0.384. The summed E-state index contributed by atoms with van der Waals surface area (Å²) in [5.74, 6) is 1.23. The molecule has 0 saturated carbocycles. The molecular formula is C17H16N2O3S. The van der Waals surface area contributed by atoms with Gasteiger partial charge in [0.1, 0.15) is 16.5 Å². The smallest absolute Gasteiger partial charge is 0.269 e. The summed E-state index contributed by atoms with van der Waals surface area (Å²) >= 11 is 5.51. The summed E-state index contributed by atoms with van der Waals surface area (Å²) in [6.07, 6.45) is 2.39. The van der Waals surface area contributed by atoms with Gasteiger partial charge in [0, 0.05) is 30.8 Å². The van der Waals surface area contributed by atoms with Crippen molar-refractivity contribution >= 4 is 22.9 Å². The second-order valence-corrected chi connectivity index (χ2v) is 5.76. The zero-order valence-corrected chi connectivity index (χ0v) is 13.3. The number of non-ortho nitro benzene ring substituents is 1.